The number of halogens is 1. The van der Waals surface area contributed by atoms with E-state index in [1.807, 2.05) is 13.8 Å². The van der Waals surface area contributed by atoms with Crippen LogP contribution in [0.25, 0.3) is 0 Å². The van der Waals surface area contributed by atoms with E-state index < -0.39 is 0 Å². The van der Waals surface area contributed by atoms with Gasteiger partial charge in [0.05, 0.1) is 0 Å². The molecule has 1 rings (SSSR count). The zero-order valence-electron chi connectivity index (χ0n) is 11.8. The molecular weight excluding hydrogens is 337 g/mol. The Morgan fingerprint density at radius 2 is 1.72 bits per heavy atom. The first-order valence-corrected chi connectivity index (χ1v) is 7.84. The Kier molecular flexibility index (Phi) is 5.63. The van der Waals surface area contributed by atoms with Crippen LogP contribution < -0.4 is 5.32 Å². The maximum atomic E-state index is 12.4. The Morgan fingerprint density at radius 3 is 2.11 bits per heavy atom. The average Bonchev–Trinajstić information content (AvgIpc) is 2.23. The summed E-state index contributed by atoms with van der Waals surface area (Å²) in [6.45, 7) is 10.3. The number of carbonyl (C=O) groups is 1. The smallest absolute Gasteiger partial charge is 0.252 e. The molecule has 0 fully saturated rings. The van der Waals surface area contributed by atoms with Gasteiger partial charge in [-0.25, -0.2) is 0 Å². The Balaban J connectivity index is 2.98. The lowest BCUT2D eigenvalue weighted by Crippen LogP contribution is -2.40. The van der Waals surface area contributed by atoms with Crippen molar-refractivity contribution in [3.63, 3.8) is 0 Å². The Morgan fingerprint density at radius 1 is 1.22 bits per heavy atom. The van der Waals surface area contributed by atoms with Gasteiger partial charge in [-0.2, -0.15) is 0 Å². The monoisotopic (exact) mass is 359 g/mol. The van der Waals surface area contributed by atoms with Crippen molar-refractivity contribution in [1.82, 2.24) is 5.32 Å². The van der Waals surface area contributed by atoms with Gasteiger partial charge in [0.25, 0.3) is 5.91 Å². The molecule has 0 heterocycles. The molecule has 1 unspecified atom stereocenters. The van der Waals surface area contributed by atoms with Crippen LogP contribution in [-0.4, -0.2) is 16.4 Å². The minimum Gasteiger partial charge on any atom is -0.348 e. The topological polar surface area (TPSA) is 29.1 Å². The number of benzene rings is 1. The molecule has 0 aromatic heterocycles. The second kappa shape index (κ2) is 6.55. The van der Waals surface area contributed by atoms with Crippen LogP contribution in [0.4, 0.5) is 0 Å². The quantitative estimate of drug-likeness (QED) is 0.643. The fourth-order valence-electron chi connectivity index (χ4n) is 2.16. The number of carbonyl (C=O) groups excluding carboxylic acids is 1. The molecule has 0 aliphatic heterocycles. The molecule has 1 atom stereocenters. The number of aryl methyl sites for hydroxylation is 3. The first kappa shape index (κ1) is 15.5. The van der Waals surface area contributed by atoms with Crippen LogP contribution in [0.5, 0.6) is 0 Å². The third-order valence-electron chi connectivity index (χ3n) is 3.19. The molecule has 0 aliphatic rings. The SMILES string of the molecule is Cc1cc(C)c(C(=O)NC(CI)C(C)C)c(C)c1. The predicted octanol–water partition coefficient (Wildman–Crippen LogP) is 3.80. The highest BCUT2D eigenvalue weighted by Gasteiger charge is 2.18. The fraction of sp³-hybridized carbons (Fsp3) is 0.533. The highest BCUT2D eigenvalue weighted by Crippen LogP contribution is 2.17. The first-order chi connectivity index (χ1) is 8.36. The molecule has 1 N–H and O–H groups in total. The van der Waals surface area contributed by atoms with Gasteiger partial charge in [-0.1, -0.05) is 54.1 Å². The molecule has 100 valence electrons. The normalized spacial score (nSPS) is 12.6. The summed E-state index contributed by atoms with van der Waals surface area (Å²) in [4.78, 5) is 12.4. The fourth-order valence-corrected chi connectivity index (χ4v) is 3.40. The molecule has 0 saturated carbocycles. The molecule has 18 heavy (non-hydrogen) atoms. The van der Waals surface area contributed by atoms with E-state index in [0.29, 0.717) is 5.92 Å². The second-order valence-electron chi connectivity index (χ2n) is 5.25. The molecule has 1 aromatic carbocycles. The van der Waals surface area contributed by atoms with Crippen LogP contribution in [0.15, 0.2) is 12.1 Å². The third-order valence-corrected chi connectivity index (χ3v) is 4.14. The molecular formula is C15H22INO. The van der Waals surface area contributed by atoms with E-state index >= 15 is 0 Å². The van der Waals surface area contributed by atoms with Crippen molar-refractivity contribution in [3.05, 3.63) is 34.4 Å². The summed E-state index contributed by atoms with van der Waals surface area (Å²) in [5.41, 5.74) is 4.15. The number of hydrogen-bond acceptors (Lipinski definition) is 1. The molecule has 3 heteroatoms. The largest absolute Gasteiger partial charge is 0.348 e. The summed E-state index contributed by atoms with van der Waals surface area (Å²) >= 11 is 2.33. The number of nitrogens with one attached hydrogen (secondary N) is 1. The minimum atomic E-state index is 0.0559. The lowest BCUT2D eigenvalue weighted by Gasteiger charge is -2.21. The van der Waals surface area contributed by atoms with Crippen LogP contribution in [0, 0.1) is 26.7 Å². The maximum absolute atomic E-state index is 12.4. The summed E-state index contributed by atoms with van der Waals surface area (Å²) < 4.78 is 0.936. The Bertz CT molecular complexity index is 417. The predicted molar refractivity (Wildman–Crippen MR) is 85.6 cm³/mol. The molecule has 1 amide bonds. The van der Waals surface area contributed by atoms with Gasteiger partial charge in [0, 0.05) is 16.0 Å². The van der Waals surface area contributed by atoms with Crippen molar-refractivity contribution in [2.45, 2.75) is 40.7 Å². The lowest BCUT2D eigenvalue weighted by atomic mass is 9.98. The Hall–Kier alpha value is -0.580. The van der Waals surface area contributed by atoms with E-state index in [1.54, 1.807) is 0 Å². The van der Waals surface area contributed by atoms with Gasteiger partial charge in [-0.15, -0.1) is 0 Å². The zero-order chi connectivity index (χ0) is 13.9. The molecule has 0 radical (unpaired) electrons. The summed E-state index contributed by atoms with van der Waals surface area (Å²) in [7, 11) is 0. The van der Waals surface area contributed by atoms with Crippen molar-refractivity contribution in [1.29, 1.82) is 0 Å². The van der Waals surface area contributed by atoms with Crippen molar-refractivity contribution < 1.29 is 4.79 Å². The standard InChI is InChI=1S/C15H22INO/c1-9(2)13(8-16)17-15(18)14-11(4)6-10(3)7-12(14)5/h6-7,9,13H,8H2,1-5H3,(H,17,18). The van der Waals surface area contributed by atoms with Gasteiger partial charge in [-0.05, 0) is 37.8 Å². The number of amides is 1. The highest BCUT2D eigenvalue weighted by molar-refractivity contribution is 14.1. The van der Waals surface area contributed by atoms with Gasteiger partial charge in [0.1, 0.15) is 0 Å². The van der Waals surface area contributed by atoms with Crippen LogP contribution in [-0.2, 0) is 0 Å². The van der Waals surface area contributed by atoms with Crippen LogP contribution >= 0.6 is 22.6 Å². The summed E-state index contributed by atoms with van der Waals surface area (Å²) in [6.07, 6.45) is 0. The van der Waals surface area contributed by atoms with Gasteiger partial charge >= 0.3 is 0 Å². The van der Waals surface area contributed by atoms with Gasteiger partial charge in [-0.3, -0.25) is 4.79 Å². The van der Waals surface area contributed by atoms with E-state index in [9.17, 15) is 4.79 Å². The first-order valence-electron chi connectivity index (χ1n) is 6.31. The van der Waals surface area contributed by atoms with Crippen molar-refractivity contribution in [3.8, 4) is 0 Å². The number of hydrogen-bond donors (Lipinski definition) is 1. The van der Waals surface area contributed by atoms with Crippen molar-refractivity contribution in [2.75, 3.05) is 4.43 Å². The van der Waals surface area contributed by atoms with Crippen LogP contribution in [0.1, 0.15) is 40.9 Å². The average molecular weight is 359 g/mol. The summed E-state index contributed by atoms with van der Waals surface area (Å²) in [5, 5.41) is 3.14. The molecule has 0 bridgehead atoms. The van der Waals surface area contributed by atoms with E-state index in [2.05, 4.69) is 60.8 Å². The van der Waals surface area contributed by atoms with E-state index in [0.717, 1.165) is 21.1 Å². The number of rotatable bonds is 4. The van der Waals surface area contributed by atoms with Crippen molar-refractivity contribution in [2.24, 2.45) is 5.92 Å². The molecule has 2 nitrogen and oxygen atoms in total. The lowest BCUT2D eigenvalue weighted by molar-refractivity contribution is 0.0931. The molecule has 0 aliphatic carbocycles. The van der Waals surface area contributed by atoms with E-state index in [4.69, 9.17) is 0 Å². The van der Waals surface area contributed by atoms with Gasteiger partial charge in [0.2, 0.25) is 0 Å². The van der Waals surface area contributed by atoms with E-state index in [1.165, 1.54) is 5.56 Å². The second-order valence-corrected chi connectivity index (χ2v) is 6.13. The van der Waals surface area contributed by atoms with Gasteiger partial charge < -0.3 is 5.32 Å². The molecule has 0 saturated heterocycles. The minimum absolute atomic E-state index is 0.0559. The maximum Gasteiger partial charge on any atom is 0.252 e. The van der Waals surface area contributed by atoms with Crippen molar-refractivity contribution >= 4 is 28.5 Å². The van der Waals surface area contributed by atoms with E-state index in [-0.39, 0.29) is 11.9 Å². The van der Waals surface area contributed by atoms with Gasteiger partial charge in [0.15, 0.2) is 0 Å². The molecule has 1 aromatic rings. The number of alkyl halides is 1. The third kappa shape index (κ3) is 3.70. The highest BCUT2D eigenvalue weighted by atomic mass is 127. The summed E-state index contributed by atoms with van der Waals surface area (Å²) in [5.74, 6) is 0.511. The zero-order valence-corrected chi connectivity index (χ0v) is 14.0. The molecule has 0 spiro atoms. The van der Waals surface area contributed by atoms with Crippen LogP contribution in [0.3, 0.4) is 0 Å². The Labute approximate surface area is 124 Å². The van der Waals surface area contributed by atoms with Crippen LogP contribution in [0.2, 0.25) is 0 Å². The summed E-state index contributed by atoms with van der Waals surface area (Å²) in [6, 6.07) is 4.37.